The summed E-state index contributed by atoms with van der Waals surface area (Å²) in [5.41, 5.74) is 3.15. The molecule has 7 heteroatoms. The molecule has 0 fully saturated rings. The van der Waals surface area contributed by atoms with Crippen LogP contribution >= 0.6 is 22.6 Å². The molecule has 0 spiro atoms. The molecule has 0 aliphatic heterocycles. The topological polar surface area (TPSA) is 80.2 Å². The number of halogens is 1. The Labute approximate surface area is 153 Å². The minimum atomic E-state index is -0.383. The van der Waals surface area contributed by atoms with Crippen molar-refractivity contribution in [2.75, 3.05) is 13.2 Å². The minimum Gasteiger partial charge on any atom is -0.507 e. The lowest BCUT2D eigenvalue weighted by Crippen LogP contribution is -2.24. The largest absolute Gasteiger partial charge is 0.507 e. The Bertz CT molecular complexity index is 734. The van der Waals surface area contributed by atoms with Crippen LogP contribution in [0.1, 0.15) is 12.5 Å². The van der Waals surface area contributed by atoms with Gasteiger partial charge in [-0.2, -0.15) is 5.10 Å². The van der Waals surface area contributed by atoms with E-state index in [1.54, 1.807) is 36.4 Å². The number of aromatic hydroxyl groups is 1. The maximum absolute atomic E-state index is 11.8. The van der Waals surface area contributed by atoms with E-state index in [9.17, 15) is 9.90 Å². The zero-order chi connectivity index (χ0) is 17.4. The molecule has 1 amide bonds. The third-order valence-corrected chi connectivity index (χ3v) is 3.75. The van der Waals surface area contributed by atoms with E-state index in [0.29, 0.717) is 21.7 Å². The molecule has 0 unspecified atom stereocenters. The molecular weight excluding hydrogens is 423 g/mol. The van der Waals surface area contributed by atoms with Crippen molar-refractivity contribution >= 4 is 34.7 Å². The zero-order valence-corrected chi connectivity index (χ0v) is 15.2. The SMILES string of the molecule is CCOc1ccccc1OCC(=O)N/N=C\c1ccc(O)c(I)c1. The van der Waals surface area contributed by atoms with E-state index in [2.05, 4.69) is 10.5 Å². The number of hydrogen-bond donors (Lipinski definition) is 2. The summed E-state index contributed by atoms with van der Waals surface area (Å²) in [6.45, 7) is 2.22. The van der Waals surface area contributed by atoms with Crippen molar-refractivity contribution in [1.29, 1.82) is 0 Å². The number of rotatable bonds is 7. The van der Waals surface area contributed by atoms with Gasteiger partial charge in [0.05, 0.1) is 16.4 Å². The van der Waals surface area contributed by atoms with Gasteiger partial charge in [0.1, 0.15) is 5.75 Å². The molecule has 24 heavy (non-hydrogen) atoms. The maximum Gasteiger partial charge on any atom is 0.277 e. The van der Waals surface area contributed by atoms with Crippen LogP contribution in [0.2, 0.25) is 0 Å². The molecule has 0 atom stereocenters. The van der Waals surface area contributed by atoms with Crippen LogP contribution in [-0.4, -0.2) is 30.4 Å². The van der Waals surface area contributed by atoms with Crippen molar-refractivity contribution in [3.8, 4) is 17.2 Å². The number of amides is 1. The highest BCUT2D eigenvalue weighted by atomic mass is 127. The van der Waals surface area contributed by atoms with Gasteiger partial charge in [-0.05, 0) is 65.4 Å². The fourth-order valence-electron chi connectivity index (χ4n) is 1.80. The van der Waals surface area contributed by atoms with Crippen LogP contribution < -0.4 is 14.9 Å². The summed E-state index contributed by atoms with van der Waals surface area (Å²) in [5.74, 6) is 0.922. The third kappa shape index (κ3) is 5.41. The number of nitrogens with one attached hydrogen (secondary N) is 1. The minimum absolute atomic E-state index is 0.172. The number of phenolic OH excluding ortho intramolecular Hbond substituents is 1. The van der Waals surface area contributed by atoms with Crippen molar-refractivity contribution < 1.29 is 19.4 Å². The van der Waals surface area contributed by atoms with Gasteiger partial charge in [0.25, 0.3) is 5.91 Å². The van der Waals surface area contributed by atoms with Crippen molar-refractivity contribution in [3.05, 3.63) is 51.6 Å². The van der Waals surface area contributed by atoms with E-state index in [4.69, 9.17) is 9.47 Å². The smallest absolute Gasteiger partial charge is 0.277 e. The van der Waals surface area contributed by atoms with Gasteiger partial charge in [-0.25, -0.2) is 5.43 Å². The van der Waals surface area contributed by atoms with Crippen LogP contribution in [0.15, 0.2) is 47.6 Å². The molecule has 0 aromatic heterocycles. The Hall–Kier alpha value is -2.29. The van der Waals surface area contributed by atoms with Gasteiger partial charge in [0.15, 0.2) is 18.1 Å². The van der Waals surface area contributed by atoms with Crippen molar-refractivity contribution in [2.45, 2.75) is 6.92 Å². The quantitative estimate of drug-likeness (QED) is 0.394. The molecule has 0 bridgehead atoms. The number of hydrogen-bond acceptors (Lipinski definition) is 5. The van der Waals surface area contributed by atoms with Crippen LogP contribution in [0.25, 0.3) is 0 Å². The number of ether oxygens (including phenoxy) is 2. The van der Waals surface area contributed by atoms with Crippen LogP contribution in [0.3, 0.4) is 0 Å². The van der Waals surface area contributed by atoms with E-state index < -0.39 is 0 Å². The summed E-state index contributed by atoms with van der Waals surface area (Å²) >= 11 is 2.01. The molecule has 2 aromatic carbocycles. The second-order valence-electron chi connectivity index (χ2n) is 4.67. The number of carbonyl (C=O) groups excluding carboxylic acids is 1. The number of para-hydroxylation sites is 2. The van der Waals surface area contributed by atoms with Crippen LogP contribution in [0.5, 0.6) is 17.2 Å². The van der Waals surface area contributed by atoms with E-state index in [0.717, 1.165) is 5.56 Å². The first-order chi connectivity index (χ1) is 11.6. The number of carbonyl (C=O) groups is 1. The molecule has 0 saturated carbocycles. The Morgan fingerprint density at radius 3 is 2.62 bits per heavy atom. The number of benzene rings is 2. The Morgan fingerprint density at radius 2 is 1.96 bits per heavy atom. The van der Waals surface area contributed by atoms with Crippen molar-refractivity contribution in [1.82, 2.24) is 5.43 Å². The highest BCUT2D eigenvalue weighted by molar-refractivity contribution is 14.1. The molecule has 0 radical (unpaired) electrons. The second-order valence-corrected chi connectivity index (χ2v) is 5.83. The number of phenols is 1. The van der Waals surface area contributed by atoms with Gasteiger partial charge in [-0.15, -0.1) is 0 Å². The summed E-state index contributed by atoms with van der Waals surface area (Å²) in [5, 5.41) is 13.3. The Balaban J connectivity index is 1.85. The third-order valence-electron chi connectivity index (χ3n) is 2.88. The van der Waals surface area contributed by atoms with Crippen molar-refractivity contribution in [2.24, 2.45) is 5.10 Å². The lowest BCUT2D eigenvalue weighted by molar-refractivity contribution is -0.123. The molecule has 2 aromatic rings. The normalized spacial score (nSPS) is 10.6. The van der Waals surface area contributed by atoms with E-state index in [1.165, 1.54) is 6.21 Å². The fourth-order valence-corrected chi connectivity index (χ4v) is 2.34. The fraction of sp³-hybridized carbons (Fsp3) is 0.176. The summed E-state index contributed by atoms with van der Waals surface area (Å²) in [6, 6.07) is 12.2. The highest BCUT2D eigenvalue weighted by Gasteiger charge is 2.06. The molecule has 2 rings (SSSR count). The molecule has 0 aliphatic carbocycles. The monoisotopic (exact) mass is 440 g/mol. The van der Waals surface area contributed by atoms with E-state index in [1.807, 2.05) is 35.6 Å². The van der Waals surface area contributed by atoms with Crippen LogP contribution in [0.4, 0.5) is 0 Å². The van der Waals surface area contributed by atoms with Gasteiger partial charge in [0, 0.05) is 0 Å². The van der Waals surface area contributed by atoms with Crippen LogP contribution in [0, 0.1) is 3.57 Å². The van der Waals surface area contributed by atoms with Gasteiger partial charge in [-0.1, -0.05) is 12.1 Å². The van der Waals surface area contributed by atoms with Gasteiger partial charge < -0.3 is 14.6 Å². The lowest BCUT2D eigenvalue weighted by atomic mass is 10.2. The lowest BCUT2D eigenvalue weighted by Gasteiger charge is -2.10. The van der Waals surface area contributed by atoms with Crippen LogP contribution in [-0.2, 0) is 4.79 Å². The average molecular weight is 440 g/mol. The second kappa shape index (κ2) is 9.11. The predicted octanol–water partition coefficient (Wildman–Crippen LogP) is 2.92. The molecule has 0 heterocycles. The summed E-state index contributed by atoms with van der Waals surface area (Å²) in [6.07, 6.45) is 1.49. The number of hydrazone groups is 1. The molecule has 0 aliphatic rings. The number of nitrogens with zero attached hydrogens (tertiary/aromatic N) is 1. The first-order valence-electron chi connectivity index (χ1n) is 7.25. The summed E-state index contributed by atoms with van der Waals surface area (Å²) < 4.78 is 11.6. The predicted molar refractivity (Wildman–Crippen MR) is 99.7 cm³/mol. The Kier molecular flexibility index (Phi) is 6.86. The van der Waals surface area contributed by atoms with Gasteiger partial charge in [0.2, 0.25) is 0 Å². The first-order valence-corrected chi connectivity index (χ1v) is 8.33. The summed E-state index contributed by atoms with van der Waals surface area (Å²) in [7, 11) is 0. The molecule has 6 nitrogen and oxygen atoms in total. The molecular formula is C17H17IN2O4. The average Bonchev–Trinajstić information content (AvgIpc) is 2.57. The van der Waals surface area contributed by atoms with E-state index in [-0.39, 0.29) is 18.3 Å². The Morgan fingerprint density at radius 1 is 1.25 bits per heavy atom. The van der Waals surface area contributed by atoms with Gasteiger partial charge in [-0.3, -0.25) is 4.79 Å². The standard InChI is InChI=1S/C17H17IN2O4/c1-2-23-15-5-3-4-6-16(15)24-11-17(22)20-19-10-12-7-8-14(21)13(18)9-12/h3-10,21H,2,11H2,1H3,(H,20,22)/b19-10-. The molecule has 2 N–H and O–H groups in total. The van der Waals surface area contributed by atoms with Crippen molar-refractivity contribution in [3.63, 3.8) is 0 Å². The molecule has 0 saturated heterocycles. The maximum atomic E-state index is 11.8. The van der Waals surface area contributed by atoms with E-state index >= 15 is 0 Å². The zero-order valence-electron chi connectivity index (χ0n) is 13.0. The molecule has 126 valence electrons. The van der Waals surface area contributed by atoms with Gasteiger partial charge >= 0.3 is 0 Å². The highest BCUT2D eigenvalue weighted by Crippen LogP contribution is 2.26. The first kappa shape index (κ1) is 18.1. The summed E-state index contributed by atoms with van der Waals surface area (Å²) in [4.78, 5) is 11.8.